The molecule has 2 rings (SSSR count). The number of rotatable bonds is 7. The van der Waals surface area contributed by atoms with Crippen molar-refractivity contribution in [1.29, 1.82) is 0 Å². The lowest BCUT2D eigenvalue weighted by molar-refractivity contribution is -0.140. The second-order valence-electron chi connectivity index (χ2n) is 7.69. The summed E-state index contributed by atoms with van der Waals surface area (Å²) in [5, 5.41) is 2.60. The summed E-state index contributed by atoms with van der Waals surface area (Å²) in [6.45, 7) is 2.25. The lowest BCUT2D eigenvalue weighted by Gasteiger charge is -2.34. The molecule has 146 valence electrons. The van der Waals surface area contributed by atoms with Crippen molar-refractivity contribution in [3.8, 4) is 0 Å². The molecule has 0 aromatic heterocycles. The Morgan fingerprint density at radius 3 is 2.54 bits per heavy atom. The van der Waals surface area contributed by atoms with Gasteiger partial charge >= 0.3 is 0 Å². The Labute approximate surface area is 155 Å². The predicted octanol–water partition coefficient (Wildman–Crippen LogP) is 1.14. The summed E-state index contributed by atoms with van der Waals surface area (Å²) in [6.07, 6.45) is 6.88. The van der Waals surface area contributed by atoms with Gasteiger partial charge < -0.3 is 16.0 Å². The number of carbonyl (C=O) groups is 4. The molecule has 0 spiro atoms. The number of ketones is 1. The van der Waals surface area contributed by atoms with Crippen LogP contribution in [0.2, 0.25) is 0 Å². The number of nitrogens with two attached hydrogens (primary N) is 1. The Kier molecular flexibility index (Phi) is 7.60. The van der Waals surface area contributed by atoms with E-state index in [-0.39, 0.29) is 42.9 Å². The summed E-state index contributed by atoms with van der Waals surface area (Å²) in [6, 6.07) is -0.549. The SMILES string of the molecule is C[C@@H](CCC(=O)N(CC1CCCCC1)[C@H]1CCC(=O)NCC1=O)C(N)=O. The highest BCUT2D eigenvalue weighted by Crippen LogP contribution is 2.26. The van der Waals surface area contributed by atoms with Crippen LogP contribution in [0.25, 0.3) is 0 Å². The average Bonchev–Trinajstić information content (AvgIpc) is 2.79. The molecule has 2 aliphatic rings. The second-order valence-corrected chi connectivity index (χ2v) is 7.69. The molecule has 1 aliphatic heterocycles. The molecule has 2 fully saturated rings. The Hall–Kier alpha value is -1.92. The van der Waals surface area contributed by atoms with E-state index in [9.17, 15) is 19.2 Å². The third-order valence-corrected chi connectivity index (χ3v) is 5.63. The molecule has 0 unspecified atom stereocenters. The van der Waals surface area contributed by atoms with Crippen molar-refractivity contribution in [3.63, 3.8) is 0 Å². The van der Waals surface area contributed by atoms with E-state index < -0.39 is 11.9 Å². The number of nitrogens with zero attached hydrogens (tertiary/aromatic N) is 1. The molecule has 0 aromatic carbocycles. The van der Waals surface area contributed by atoms with Crippen LogP contribution >= 0.6 is 0 Å². The summed E-state index contributed by atoms with van der Waals surface area (Å²) in [4.78, 5) is 50.0. The van der Waals surface area contributed by atoms with Gasteiger partial charge in [0, 0.05) is 25.3 Å². The van der Waals surface area contributed by atoms with Gasteiger partial charge in [-0.15, -0.1) is 0 Å². The summed E-state index contributed by atoms with van der Waals surface area (Å²) in [5.74, 6) is -0.755. The zero-order valence-corrected chi connectivity index (χ0v) is 15.7. The molecule has 1 saturated carbocycles. The quantitative estimate of drug-likeness (QED) is 0.705. The van der Waals surface area contributed by atoms with E-state index in [4.69, 9.17) is 5.73 Å². The van der Waals surface area contributed by atoms with Crippen molar-refractivity contribution < 1.29 is 19.2 Å². The largest absolute Gasteiger partial charge is 0.369 e. The lowest BCUT2D eigenvalue weighted by Crippen LogP contribution is -2.48. The molecule has 0 aromatic rings. The monoisotopic (exact) mass is 365 g/mol. The van der Waals surface area contributed by atoms with Gasteiger partial charge in [0.25, 0.3) is 0 Å². The number of carbonyl (C=O) groups excluding carboxylic acids is 4. The van der Waals surface area contributed by atoms with Gasteiger partial charge in [-0.25, -0.2) is 0 Å². The van der Waals surface area contributed by atoms with Crippen LogP contribution in [0, 0.1) is 11.8 Å². The Morgan fingerprint density at radius 2 is 1.88 bits per heavy atom. The molecule has 26 heavy (non-hydrogen) atoms. The number of nitrogens with one attached hydrogen (secondary N) is 1. The molecule has 3 amide bonds. The van der Waals surface area contributed by atoms with Crippen LogP contribution in [0.15, 0.2) is 0 Å². The normalized spacial score (nSPS) is 23.0. The Balaban J connectivity index is 2.08. The van der Waals surface area contributed by atoms with Crippen LogP contribution < -0.4 is 11.1 Å². The van der Waals surface area contributed by atoms with E-state index in [2.05, 4.69) is 5.32 Å². The van der Waals surface area contributed by atoms with Gasteiger partial charge in [-0.1, -0.05) is 26.2 Å². The summed E-state index contributed by atoms with van der Waals surface area (Å²) >= 11 is 0. The summed E-state index contributed by atoms with van der Waals surface area (Å²) < 4.78 is 0. The standard InChI is InChI=1S/C19H31N3O4/c1-13(19(20)26)7-10-18(25)22(12-14-5-3-2-4-6-14)15-8-9-17(24)21-11-16(15)23/h13-15H,2-12H2,1H3,(H2,20,26)(H,21,24)/t13-,15-/m0/s1. The highest BCUT2D eigenvalue weighted by Gasteiger charge is 2.33. The van der Waals surface area contributed by atoms with Crippen molar-refractivity contribution in [2.75, 3.05) is 13.1 Å². The third kappa shape index (κ3) is 5.81. The van der Waals surface area contributed by atoms with Gasteiger partial charge in [0.1, 0.15) is 0 Å². The van der Waals surface area contributed by atoms with E-state index in [1.54, 1.807) is 11.8 Å². The molecule has 1 saturated heterocycles. The van der Waals surface area contributed by atoms with Crippen molar-refractivity contribution in [1.82, 2.24) is 10.2 Å². The average molecular weight is 365 g/mol. The minimum absolute atomic E-state index is 0.0182. The molecule has 7 heteroatoms. The fraction of sp³-hybridized carbons (Fsp3) is 0.789. The highest BCUT2D eigenvalue weighted by atomic mass is 16.2. The molecule has 3 N–H and O–H groups in total. The van der Waals surface area contributed by atoms with E-state index in [1.807, 2.05) is 0 Å². The van der Waals surface area contributed by atoms with Gasteiger partial charge in [-0.2, -0.15) is 0 Å². The van der Waals surface area contributed by atoms with E-state index >= 15 is 0 Å². The Morgan fingerprint density at radius 1 is 1.19 bits per heavy atom. The first-order chi connectivity index (χ1) is 12.4. The van der Waals surface area contributed by atoms with Crippen LogP contribution in [0.1, 0.15) is 64.7 Å². The molecule has 7 nitrogen and oxygen atoms in total. The number of primary amides is 1. The maximum atomic E-state index is 12.9. The first-order valence-electron chi connectivity index (χ1n) is 9.76. The highest BCUT2D eigenvalue weighted by molar-refractivity contribution is 5.94. The van der Waals surface area contributed by atoms with Gasteiger partial charge in [-0.3, -0.25) is 19.2 Å². The van der Waals surface area contributed by atoms with Crippen LogP contribution in [0.3, 0.4) is 0 Å². The number of hydrogen-bond acceptors (Lipinski definition) is 4. The summed E-state index contributed by atoms with van der Waals surface area (Å²) in [7, 11) is 0. The van der Waals surface area contributed by atoms with Crippen LogP contribution in [-0.4, -0.2) is 47.5 Å². The number of amides is 3. The molecular weight excluding hydrogens is 334 g/mol. The van der Waals surface area contributed by atoms with Crippen molar-refractivity contribution in [3.05, 3.63) is 0 Å². The summed E-state index contributed by atoms with van der Waals surface area (Å²) in [5.41, 5.74) is 5.28. The van der Waals surface area contributed by atoms with Gasteiger partial charge in [0.2, 0.25) is 17.7 Å². The first-order valence-corrected chi connectivity index (χ1v) is 9.76. The van der Waals surface area contributed by atoms with Crippen molar-refractivity contribution in [2.45, 2.75) is 70.8 Å². The van der Waals surface area contributed by atoms with Crippen LogP contribution in [0.4, 0.5) is 0 Å². The molecule has 0 radical (unpaired) electrons. The number of hydrogen-bond donors (Lipinski definition) is 2. The fourth-order valence-electron chi connectivity index (χ4n) is 3.83. The molecule has 1 aliphatic carbocycles. The van der Waals surface area contributed by atoms with Crippen molar-refractivity contribution >= 4 is 23.5 Å². The lowest BCUT2D eigenvalue weighted by atomic mass is 9.88. The smallest absolute Gasteiger partial charge is 0.223 e. The van der Waals surface area contributed by atoms with Gasteiger partial charge in [0.05, 0.1) is 12.6 Å². The molecule has 1 heterocycles. The minimum atomic E-state index is -0.549. The van der Waals surface area contributed by atoms with Crippen molar-refractivity contribution in [2.24, 2.45) is 17.6 Å². The van der Waals surface area contributed by atoms with E-state index in [0.717, 1.165) is 25.7 Å². The second kappa shape index (κ2) is 9.69. The molecule has 0 bridgehead atoms. The first kappa shape index (κ1) is 20.4. The fourth-order valence-corrected chi connectivity index (χ4v) is 3.83. The third-order valence-electron chi connectivity index (χ3n) is 5.63. The zero-order valence-electron chi connectivity index (χ0n) is 15.7. The molecular formula is C19H31N3O4. The Bertz CT molecular complexity index is 543. The topological polar surface area (TPSA) is 110 Å². The maximum Gasteiger partial charge on any atom is 0.223 e. The predicted molar refractivity (Wildman–Crippen MR) is 96.9 cm³/mol. The van der Waals surface area contributed by atoms with Crippen LogP contribution in [-0.2, 0) is 19.2 Å². The maximum absolute atomic E-state index is 12.9. The van der Waals surface area contributed by atoms with Gasteiger partial charge in [0.15, 0.2) is 5.78 Å². The zero-order chi connectivity index (χ0) is 19.1. The van der Waals surface area contributed by atoms with E-state index in [0.29, 0.717) is 25.3 Å². The molecule has 2 atom stereocenters. The van der Waals surface area contributed by atoms with Gasteiger partial charge in [-0.05, 0) is 31.6 Å². The van der Waals surface area contributed by atoms with E-state index in [1.165, 1.54) is 6.42 Å². The van der Waals surface area contributed by atoms with Crippen LogP contribution in [0.5, 0.6) is 0 Å². The minimum Gasteiger partial charge on any atom is -0.369 e. The number of Topliss-reactive ketones (excluding diaryl/α,β-unsaturated/α-hetero) is 1.